The molecule has 116 valence electrons. The van der Waals surface area contributed by atoms with Crippen LogP contribution in [0.5, 0.6) is 0 Å². The highest BCUT2D eigenvalue weighted by Crippen LogP contribution is 2.26. The van der Waals surface area contributed by atoms with Crippen LogP contribution in [0.3, 0.4) is 0 Å². The van der Waals surface area contributed by atoms with Crippen LogP contribution in [-0.2, 0) is 11.3 Å². The fourth-order valence-corrected chi connectivity index (χ4v) is 2.82. The van der Waals surface area contributed by atoms with Crippen molar-refractivity contribution in [1.82, 2.24) is 20.0 Å². The molecule has 0 bridgehead atoms. The molecule has 0 radical (unpaired) electrons. The van der Waals surface area contributed by atoms with Gasteiger partial charge in [0, 0.05) is 6.20 Å². The predicted octanol–water partition coefficient (Wildman–Crippen LogP) is 2.46. The molecule has 22 heavy (non-hydrogen) atoms. The first kappa shape index (κ1) is 14.7. The molecule has 0 unspecified atom stereocenters. The zero-order chi connectivity index (χ0) is 15.4. The summed E-state index contributed by atoms with van der Waals surface area (Å²) < 4.78 is 7.14. The van der Waals surface area contributed by atoms with E-state index >= 15 is 0 Å². The summed E-state index contributed by atoms with van der Waals surface area (Å²) in [5, 5.41) is 7.87. The van der Waals surface area contributed by atoms with Crippen LogP contribution < -0.4 is 0 Å². The fourth-order valence-electron chi connectivity index (χ4n) is 2.82. The summed E-state index contributed by atoms with van der Waals surface area (Å²) >= 11 is 0. The Labute approximate surface area is 129 Å². The summed E-state index contributed by atoms with van der Waals surface area (Å²) in [7, 11) is 0. The van der Waals surface area contributed by atoms with Crippen LogP contribution in [0.4, 0.5) is 0 Å². The Morgan fingerprint density at radius 3 is 3.09 bits per heavy atom. The lowest BCUT2D eigenvalue weighted by Crippen LogP contribution is -2.24. The van der Waals surface area contributed by atoms with Crippen molar-refractivity contribution in [1.29, 1.82) is 0 Å². The van der Waals surface area contributed by atoms with Gasteiger partial charge in [0.1, 0.15) is 6.10 Å². The minimum absolute atomic E-state index is 0.0113. The summed E-state index contributed by atoms with van der Waals surface area (Å²) in [5.41, 5.74) is 1.13. The van der Waals surface area contributed by atoms with Gasteiger partial charge >= 0.3 is 5.97 Å². The summed E-state index contributed by atoms with van der Waals surface area (Å²) in [6, 6.07) is 5.68. The summed E-state index contributed by atoms with van der Waals surface area (Å²) in [4.78, 5) is 16.4. The second-order valence-electron chi connectivity index (χ2n) is 5.92. The van der Waals surface area contributed by atoms with Crippen LogP contribution in [0.15, 0.2) is 30.6 Å². The fraction of sp³-hybridized carbons (Fsp3) is 0.500. The van der Waals surface area contributed by atoms with E-state index in [1.807, 2.05) is 18.2 Å². The maximum atomic E-state index is 12.1. The van der Waals surface area contributed by atoms with Crippen LogP contribution in [-0.4, -0.2) is 32.1 Å². The second-order valence-corrected chi connectivity index (χ2v) is 5.92. The highest BCUT2D eigenvalue weighted by Gasteiger charge is 2.24. The number of esters is 1. The summed E-state index contributed by atoms with van der Waals surface area (Å²) in [5.74, 6) is 0.234. The normalized spacial score (nSPS) is 21.5. The van der Waals surface area contributed by atoms with Gasteiger partial charge in [0.2, 0.25) is 0 Å². The summed E-state index contributed by atoms with van der Waals surface area (Å²) in [6.45, 7) is 2.69. The van der Waals surface area contributed by atoms with Crippen molar-refractivity contribution < 1.29 is 9.53 Å². The zero-order valence-corrected chi connectivity index (χ0v) is 12.7. The van der Waals surface area contributed by atoms with E-state index in [2.05, 4.69) is 22.2 Å². The maximum absolute atomic E-state index is 12.1. The highest BCUT2D eigenvalue weighted by atomic mass is 16.5. The first-order valence-electron chi connectivity index (χ1n) is 7.72. The van der Waals surface area contributed by atoms with Crippen LogP contribution in [0, 0.1) is 5.92 Å². The molecule has 2 aromatic rings. The Bertz CT molecular complexity index is 626. The van der Waals surface area contributed by atoms with Crippen LogP contribution in [0.25, 0.3) is 0 Å². The molecule has 1 aliphatic carbocycles. The van der Waals surface area contributed by atoms with E-state index in [0.717, 1.165) is 25.0 Å². The van der Waals surface area contributed by atoms with Gasteiger partial charge in [-0.15, -0.1) is 5.10 Å². The van der Waals surface area contributed by atoms with Gasteiger partial charge in [0.25, 0.3) is 0 Å². The molecule has 1 saturated carbocycles. The van der Waals surface area contributed by atoms with E-state index in [1.54, 1.807) is 17.1 Å². The first-order chi connectivity index (χ1) is 10.7. The molecule has 0 aromatic carbocycles. The van der Waals surface area contributed by atoms with Gasteiger partial charge in [-0.25, -0.2) is 9.48 Å². The molecule has 6 heteroatoms. The van der Waals surface area contributed by atoms with Crippen molar-refractivity contribution >= 4 is 5.97 Å². The standard InChI is InChI=1S/C16H20N4O2/c1-12-5-4-7-14(9-12)22-16(21)15-11-20(19-18-15)10-13-6-2-3-8-17-13/h2-3,6,8,11-12,14H,4-5,7,9-10H2,1H3/t12-,14-/m0/s1. The van der Waals surface area contributed by atoms with Crippen molar-refractivity contribution in [3.63, 3.8) is 0 Å². The number of carbonyl (C=O) groups excluding carboxylic acids is 1. The smallest absolute Gasteiger partial charge is 0.360 e. The second kappa shape index (κ2) is 6.68. The van der Waals surface area contributed by atoms with Crippen molar-refractivity contribution in [3.05, 3.63) is 42.0 Å². The van der Waals surface area contributed by atoms with Crippen molar-refractivity contribution in [2.75, 3.05) is 0 Å². The molecule has 0 saturated heterocycles. The number of nitrogens with zero attached hydrogens (tertiary/aromatic N) is 4. The first-order valence-corrected chi connectivity index (χ1v) is 7.72. The molecule has 2 aromatic heterocycles. The van der Waals surface area contributed by atoms with Crippen LogP contribution >= 0.6 is 0 Å². The monoisotopic (exact) mass is 300 g/mol. The molecule has 2 heterocycles. The van der Waals surface area contributed by atoms with E-state index in [0.29, 0.717) is 12.5 Å². The van der Waals surface area contributed by atoms with Gasteiger partial charge in [-0.2, -0.15) is 0 Å². The van der Waals surface area contributed by atoms with Gasteiger partial charge in [0.15, 0.2) is 5.69 Å². The van der Waals surface area contributed by atoms with Gasteiger partial charge in [-0.05, 0) is 37.3 Å². The lowest BCUT2D eigenvalue weighted by molar-refractivity contribution is 0.0148. The SMILES string of the molecule is C[C@H]1CCC[C@H](OC(=O)c2cn(Cc3ccccn3)nn2)C1. The number of pyridine rings is 1. The average molecular weight is 300 g/mol. The zero-order valence-electron chi connectivity index (χ0n) is 12.7. The molecule has 1 aliphatic rings. The maximum Gasteiger partial charge on any atom is 0.360 e. The quantitative estimate of drug-likeness (QED) is 0.811. The lowest BCUT2D eigenvalue weighted by Gasteiger charge is -2.26. The van der Waals surface area contributed by atoms with E-state index in [1.165, 1.54) is 6.42 Å². The molecule has 3 rings (SSSR count). The number of rotatable bonds is 4. The third kappa shape index (κ3) is 3.69. The predicted molar refractivity (Wildman–Crippen MR) is 80.2 cm³/mol. The molecule has 2 atom stereocenters. The van der Waals surface area contributed by atoms with Gasteiger partial charge < -0.3 is 4.74 Å². The number of hydrogen-bond donors (Lipinski definition) is 0. The summed E-state index contributed by atoms with van der Waals surface area (Å²) in [6.07, 6.45) is 7.57. The van der Waals surface area contributed by atoms with Crippen LogP contribution in [0.1, 0.15) is 48.8 Å². The third-order valence-corrected chi connectivity index (χ3v) is 3.96. The highest BCUT2D eigenvalue weighted by molar-refractivity contribution is 5.86. The Morgan fingerprint density at radius 1 is 1.41 bits per heavy atom. The van der Waals surface area contributed by atoms with Gasteiger partial charge in [0.05, 0.1) is 18.4 Å². The van der Waals surface area contributed by atoms with Gasteiger partial charge in [-0.1, -0.05) is 24.6 Å². The largest absolute Gasteiger partial charge is 0.458 e. The molecular weight excluding hydrogens is 280 g/mol. The van der Waals surface area contributed by atoms with Crippen molar-refractivity contribution in [2.24, 2.45) is 5.92 Å². The average Bonchev–Trinajstić information content (AvgIpc) is 2.97. The number of hydrogen-bond acceptors (Lipinski definition) is 5. The molecular formula is C16H20N4O2. The van der Waals surface area contributed by atoms with E-state index in [-0.39, 0.29) is 17.8 Å². The number of ether oxygens (including phenoxy) is 1. The molecule has 6 nitrogen and oxygen atoms in total. The van der Waals surface area contributed by atoms with Crippen molar-refractivity contribution in [3.8, 4) is 0 Å². The minimum atomic E-state index is -0.383. The topological polar surface area (TPSA) is 69.9 Å². The molecule has 1 fully saturated rings. The molecule has 0 aliphatic heterocycles. The molecule has 0 N–H and O–H groups in total. The van der Waals surface area contributed by atoms with Crippen molar-refractivity contribution in [2.45, 2.75) is 45.3 Å². The third-order valence-electron chi connectivity index (χ3n) is 3.96. The van der Waals surface area contributed by atoms with Crippen LogP contribution in [0.2, 0.25) is 0 Å². The number of aromatic nitrogens is 4. The Balaban J connectivity index is 1.59. The Morgan fingerprint density at radius 2 is 2.32 bits per heavy atom. The minimum Gasteiger partial charge on any atom is -0.458 e. The number of carbonyl (C=O) groups is 1. The molecule has 0 amide bonds. The molecule has 0 spiro atoms. The van der Waals surface area contributed by atoms with E-state index < -0.39 is 0 Å². The Kier molecular flexibility index (Phi) is 4.46. The lowest BCUT2D eigenvalue weighted by atomic mass is 9.89. The van der Waals surface area contributed by atoms with Gasteiger partial charge in [-0.3, -0.25) is 4.98 Å². The Hall–Kier alpha value is -2.24. The van der Waals surface area contributed by atoms with E-state index in [4.69, 9.17) is 4.74 Å². The van der Waals surface area contributed by atoms with E-state index in [9.17, 15) is 4.79 Å².